The Morgan fingerprint density at radius 1 is 1.16 bits per heavy atom. The van der Waals surface area contributed by atoms with Crippen molar-refractivity contribution in [3.05, 3.63) is 42.5 Å². The van der Waals surface area contributed by atoms with Crippen LogP contribution >= 0.6 is 0 Å². The van der Waals surface area contributed by atoms with E-state index in [9.17, 15) is 9.59 Å². The maximum Gasteiger partial charge on any atom is 0.246 e. The van der Waals surface area contributed by atoms with E-state index in [0.717, 1.165) is 11.0 Å². The Hall–Kier alpha value is -3.42. The molecule has 2 amide bonds. The number of carbonyl (C=O) groups excluding carboxylic acids is 2. The molecule has 1 aromatic heterocycles. The van der Waals surface area contributed by atoms with Gasteiger partial charge in [0.05, 0.1) is 18.3 Å². The first-order chi connectivity index (χ1) is 12.1. The first kappa shape index (κ1) is 16.4. The number of benzene rings is 2. The Balaban J connectivity index is 1.75. The molecular formula is C17H17N5O3. The molecule has 0 aliphatic carbocycles. The van der Waals surface area contributed by atoms with Gasteiger partial charge in [0.25, 0.3) is 0 Å². The Kier molecular flexibility index (Phi) is 4.60. The fourth-order valence-electron chi connectivity index (χ4n) is 2.44. The molecule has 25 heavy (non-hydrogen) atoms. The van der Waals surface area contributed by atoms with Gasteiger partial charge in [-0.25, -0.2) is 4.68 Å². The summed E-state index contributed by atoms with van der Waals surface area (Å²) >= 11 is 0. The van der Waals surface area contributed by atoms with Crippen LogP contribution in [-0.4, -0.2) is 33.9 Å². The molecule has 1 heterocycles. The summed E-state index contributed by atoms with van der Waals surface area (Å²) in [6, 6.07) is 12.4. The average Bonchev–Trinajstić information content (AvgIpc) is 2.98. The number of aromatic nitrogens is 3. The zero-order valence-corrected chi connectivity index (χ0v) is 13.8. The fourth-order valence-corrected chi connectivity index (χ4v) is 2.44. The molecule has 2 N–H and O–H groups in total. The van der Waals surface area contributed by atoms with Crippen molar-refractivity contribution in [3.8, 4) is 5.75 Å². The Bertz CT molecular complexity index is 935. The second-order valence-electron chi connectivity index (χ2n) is 5.38. The largest absolute Gasteiger partial charge is 0.495 e. The zero-order chi connectivity index (χ0) is 17.8. The molecule has 0 fully saturated rings. The van der Waals surface area contributed by atoms with Crippen molar-refractivity contribution in [3.63, 3.8) is 0 Å². The van der Waals surface area contributed by atoms with Gasteiger partial charge in [0.1, 0.15) is 17.8 Å². The number of carbonyl (C=O) groups is 2. The number of hydrogen-bond donors (Lipinski definition) is 2. The topological polar surface area (TPSA) is 98.1 Å². The van der Waals surface area contributed by atoms with Crippen LogP contribution in [0.25, 0.3) is 11.0 Å². The van der Waals surface area contributed by atoms with Gasteiger partial charge in [-0.2, -0.15) is 0 Å². The van der Waals surface area contributed by atoms with Crippen LogP contribution in [0.15, 0.2) is 42.5 Å². The number of methoxy groups -OCH3 is 1. The second kappa shape index (κ2) is 7.00. The van der Waals surface area contributed by atoms with Crippen molar-refractivity contribution in [2.75, 3.05) is 17.7 Å². The van der Waals surface area contributed by atoms with Gasteiger partial charge in [-0.3, -0.25) is 9.59 Å². The molecule has 0 aliphatic heterocycles. The molecule has 0 saturated heterocycles. The van der Waals surface area contributed by atoms with Crippen LogP contribution in [-0.2, 0) is 16.1 Å². The highest BCUT2D eigenvalue weighted by Crippen LogP contribution is 2.27. The van der Waals surface area contributed by atoms with E-state index in [1.54, 1.807) is 18.2 Å². The van der Waals surface area contributed by atoms with Crippen LogP contribution in [0.3, 0.4) is 0 Å². The number of hydrogen-bond acceptors (Lipinski definition) is 5. The fraction of sp³-hybridized carbons (Fsp3) is 0.176. The summed E-state index contributed by atoms with van der Waals surface area (Å²) in [4.78, 5) is 23.6. The van der Waals surface area contributed by atoms with Crippen LogP contribution in [0.4, 0.5) is 11.4 Å². The van der Waals surface area contributed by atoms with Gasteiger partial charge >= 0.3 is 0 Å². The van der Waals surface area contributed by atoms with E-state index >= 15 is 0 Å². The number of rotatable bonds is 5. The third kappa shape index (κ3) is 3.74. The van der Waals surface area contributed by atoms with Crippen molar-refractivity contribution in [2.24, 2.45) is 0 Å². The van der Waals surface area contributed by atoms with E-state index < -0.39 is 0 Å². The summed E-state index contributed by atoms with van der Waals surface area (Å²) in [6.45, 7) is 1.43. The molecule has 0 bridgehead atoms. The van der Waals surface area contributed by atoms with Gasteiger partial charge in [0, 0.05) is 12.6 Å². The highest BCUT2D eigenvalue weighted by Gasteiger charge is 2.11. The molecule has 0 saturated carbocycles. The number of nitrogens with one attached hydrogen (secondary N) is 2. The van der Waals surface area contributed by atoms with E-state index in [4.69, 9.17) is 4.74 Å². The minimum atomic E-state index is -0.255. The number of amides is 2. The third-order valence-corrected chi connectivity index (χ3v) is 3.51. The summed E-state index contributed by atoms with van der Waals surface area (Å²) in [6.07, 6.45) is 0. The van der Waals surface area contributed by atoms with Gasteiger partial charge in [0.15, 0.2) is 0 Å². The normalized spacial score (nSPS) is 10.5. The van der Waals surface area contributed by atoms with E-state index in [1.807, 2.05) is 24.3 Å². The smallest absolute Gasteiger partial charge is 0.246 e. The quantitative estimate of drug-likeness (QED) is 0.741. The molecule has 8 heteroatoms. The van der Waals surface area contributed by atoms with Gasteiger partial charge in [-0.15, -0.1) is 5.10 Å². The lowest BCUT2D eigenvalue weighted by atomic mass is 10.2. The summed E-state index contributed by atoms with van der Waals surface area (Å²) in [5.41, 5.74) is 2.54. The summed E-state index contributed by atoms with van der Waals surface area (Å²) in [5, 5.41) is 13.4. The van der Waals surface area contributed by atoms with Crippen molar-refractivity contribution in [1.29, 1.82) is 0 Å². The molecule has 0 spiro atoms. The molecular weight excluding hydrogens is 322 g/mol. The summed E-state index contributed by atoms with van der Waals surface area (Å²) in [5.74, 6) is 0.0286. The van der Waals surface area contributed by atoms with E-state index in [0.29, 0.717) is 17.1 Å². The molecule has 0 atom stereocenters. The summed E-state index contributed by atoms with van der Waals surface area (Å²) < 4.78 is 6.72. The Morgan fingerprint density at radius 2 is 1.96 bits per heavy atom. The second-order valence-corrected chi connectivity index (χ2v) is 5.38. The number of fused-ring (bicyclic) bond motifs is 1. The van der Waals surface area contributed by atoms with Crippen LogP contribution in [0.1, 0.15) is 6.92 Å². The van der Waals surface area contributed by atoms with Gasteiger partial charge < -0.3 is 15.4 Å². The minimum absolute atomic E-state index is 0.0298. The average molecular weight is 339 g/mol. The lowest BCUT2D eigenvalue weighted by Gasteiger charge is -2.12. The first-order valence-electron chi connectivity index (χ1n) is 7.60. The van der Waals surface area contributed by atoms with E-state index in [-0.39, 0.29) is 18.4 Å². The van der Waals surface area contributed by atoms with Gasteiger partial charge in [0.2, 0.25) is 11.8 Å². The maximum absolute atomic E-state index is 12.3. The maximum atomic E-state index is 12.3. The molecule has 0 aliphatic rings. The van der Waals surface area contributed by atoms with Crippen molar-refractivity contribution in [1.82, 2.24) is 15.0 Å². The van der Waals surface area contributed by atoms with Crippen molar-refractivity contribution in [2.45, 2.75) is 13.5 Å². The minimum Gasteiger partial charge on any atom is -0.495 e. The predicted octanol–water partition coefficient (Wildman–Crippen LogP) is 2.04. The number of nitrogens with zero attached hydrogens (tertiary/aromatic N) is 3. The highest BCUT2D eigenvalue weighted by atomic mass is 16.5. The van der Waals surface area contributed by atoms with Crippen LogP contribution in [0, 0.1) is 0 Å². The number of para-hydroxylation sites is 1. The number of anilines is 2. The molecule has 0 unspecified atom stereocenters. The van der Waals surface area contributed by atoms with Crippen LogP contribution in [0.5, 0.6) is 5.75 Å². The Labute approximate surface area is 143 Å². The Morgan fingerprint density at radius 3 is 2.72 bits per heavy atom. The predicted molar refractivity (Wildman–Crippen MR) is 93.5 cm³/mol. The van der Waals surface area contributed by atoms with Crippen molar-refractivity contribution >= 4 is 34.2 Å². The van der Waals surface area contributed by atoms with Gasteiger partial charge in [-0.05, 0) is 30.3 Å². The molecule has 0 radical (unpaired) electrons. The first-order valence-corrected chi connectivity index (χ1v) is 7.60. The van der Waals surface area contributed by atoms with E-state index in [2.05, 4.69) is 20.9 Å². The van der Waals surface area contributed by atoms with Crippen LogP contribution < -0.4 is 15.4 Å². The molecule has 3 rings (SSSR count). The molecule has 2 aromatic carbocycles. The highest BCUT2D eigenvalue weighted by molar-refractivity contribution is 5.95. The monoisotopic (exact) mass is 339 g/mol. The summed E-state index contributed by atoms with van der Waals surface area (Å²) in [7, 11) is 1.51. The van der Waals surface area contributed by atoms with Crippen LogP contribution in [0.2, 0.25) is 0 Å². The van der Waals surface area contributed by atoms with Crippen molar-refractivity contribution < 1.29 is 14.3 Å². The standard InChI is InChI=1S/C17H17N5O3/c1-11(23)18-14-9-12(7-8-16(14)25-2)19-17(24)10-22-15-6-4-3-5-13(15)20-21-22/h3-9H,10H2,1-2H3,(H,18,23)(H,19,24). The lowest BCUT2D eigenvalue weighted by molar-refractivity contribution is -0.117. The molecule has 3 aromatic rings. The molecule has 8 nitrogen and oxygen atoms in total. The lowest BCUT2D eigenvalue weighted by Crippen LogP contribution is -2.19. The third-order valence-electron chi connectivity index (χ3n) is 3.51. The zero-order valence-electron chi connectivity index (χ0n) is 13.8. The van der Waals surface area contributed by atoms with E-state index in [1.165, 1.54) is 18.7 Å². The number of ether oxygens (including phenoxy) is 1. The SMILES string of the molecule is COc1ccc(NC(=O)Cn2nnc3ccccc32)cc1NC(C)=O. The van der Waals surface area contributed by atoms with Gasteiger partial charge in [-0.1, -0.05) is 17.3 Å². The molecule has 128 valence electrons.